The molecule has 0 aromatic carbocycles. The normalized spacial score (nSPS) is 28.3. The second kappa shape index (κ2) is 6.42. The van der Waals surface area contributed by atoms with Crippen LogP contribution in [0.1, 0.15) is 71.6 Å². The second-order valence-corrected chi connectivity index (χ2v) is 9.02. The Labute approximate surface area is 111 Å². The van der Waals surface area contributed by atoms with Crippen molar-refractivity contribution in [1.29, 1.82) is 0 Å². The predicted octanol–water partition coefficient (Wildman–Crippen LogP) is 4.47. The van der Waals surface area contributed by atoms with Gasteiger partial charge in [0.2, 0.25) is 9.05 Å². The molecule has 1 unspecified atom stereocenters. The van der Waals surface area contributed by atoms with Gasteiger partial charge in [-0.1, -0.05) is 46.0 Å². The van der Waals surface area contributed by atoms with Gasteiger partial charge in [-0.15, -0.1) is 0 Å². The summed E-state index contributed by atoms with van der Waals surface area (Å²) in [5, 5.41) is -0.314. The van der Waals surface area contributed by atoms with E-state index in [0.29, 0.717) is 5.41 Å². The van der Waals surface area contributed by atoms with Gasteiger partial charge in [-0.05, 0) is 31.1 Å². The topological polar surface area (TPSA) is 34.1 Å². The van der Waals surface area contributed by atoms with Gasteiger partial charge in [0.25, 0.3) is 0 Å². The third-order valence-corrected chi connectivity index (χ3v) is 5.93. The maximum absolute atomic E-state index is 11.4. The van der Waals surface area contributed by atoms with Crippen molar-refractivity contribution in [2.75, 3.05) is 0 Å². The van der Waals surface area contributed by atoms with Gasteiger partial charge >= 0.3 is 0 Å². The van der Waals surface area contributed by atoms with Gasteiger partial charge in [-0.2, -0.15) is 0 Å². The zero-order chi connectivity index (χ0) is 12.9. The Balaban J connectivity index is 2.56. The Bertz CT molecular complexity index is 322. The first-order valence-electron chi connectivity index (χ1n) is 6.75. The maximum atomic E-state index is 11.4. The molecule has 0 aromatic heterocycles. The third kappa shape index (κ3) is 6.10. The van der Waals surface area contributed by atoms with Crippen molar-refractivity contribution in [1.82, 2.24) is 0 Å². The van der Waals surface area contributed by atoms with E-state index in [1.807, 2.05) is 0 Å². The van der Waals surface area contributed by atoms with Gasteiger partial charge < -0.3 is 0 Å². The molecule has 4 heteroatoms. The number of hydrogen-bond donors (Lipinski definition) is 0. The van der Waals surface area contributed by atoms with Crippen LogP contribution in [0.4, 0.5) is 0 Å². The van der Waals surface area contributed by atoms with E-state index in [9.17, 15) is 8.42 Å². The first-order chi connectivity index (χ1) is 7.81. The van der Waals surface area contributed by atoms with Gasteiger partial charge in [-0.3, -0.25) is 0 Å². The first-order valence-corrected chi connectivity index (χ1v) is 9.12. The highest BCUT2D eigenvalue weighted by Crippen LogP contribution is 2.32. The van der Waals surface area contributed by atoms with Crippen LogP contribution < -0.4 is 0 Å². The van der Waals surface area contributed by atoms with Gasteiger partial charge in [0, 0.05) is 10.7 Å². The predicted molar refractivity (Wildman–Crippen MR) is 73.9 cm³/mol. The fourth-order valence-corrected chi connectivity index (χ4v) is 4.11. The van der Waals surface area contributed by atoms with Crippen molar-refractivity contribution in [3.63, 3.8) is 0 Å². The van der Waals surface area contributed by atoms with Crippen molar-refractivity contribution in [3.8, 4) is 0 Å². The highest BCUT2D eigenvalue weighted by molar-refractivity contribution is 8.14. The van der Waals surface area contributed by atoms with Gasteiger partial charge in [0.1, 0.15) is 0 Å². The molecule has 1 rings (SSSR count). The first kappa shape index (κ1) is 15.3. The molecule has 1 aliphatic rings. The smallest absolute Gasteiger partial charge is 0.212 e. The highest BCUT2D eigenvalue weighted by Gasteiger charge is 2.24. The minimum atomic E-state index is -3.36. The zero-order valence-corrected chi connectivity index (χ0v) is 12.6. The molecular formula is C13H25ClO2S. The van der Waals surface area contributed by atoms with E-state index < -0.39 is 9.05 Å². The van der Waals surface area contributed by atoms with E-state index in [4.69, 9.17) is 10.7 Å². The summed E-state index contributed by atoms with van der Waals surface area (Å²) >= 11 is 0. The van der Waals surface area contributed by atoms with Crippen LogP contribution in [-0.2, 0) is 9.05 Å². The lowest BCUT2D eigenvalue weighted by atomic mass is 9.82. The van der Waals surface area contributed by atoms with E-state index in [2.05, 4.69) is 13.8 Å². The quantitative estimate of drug-likeness (QED) is 0.664. The Morgan fingerprint density at radius 3 is 1.94 bits per heavy atom. The van der Waals surface area contributed by atoms with Crippen molar-refractivity contribution < 1.29 is 8.42 Å². The lowest BCUT2D eigenvalue weighted by Crippen LogP contribution is -2.16. The van der Waals surface area contributed by atoms with Crippen molar-refractivity contribution >= 4 is 19.7 Å². The molecule has 0 N–H and O–H groups in total. The molecular weight excluding hydrogens is 256 g/mol. The van der Waals surface area contributed by atoms with E-state index >= 15 is 0 Å². The molecule has 1 aliphatic carbocycles. The van der Waals surface area contributed by atoms with Crippen LogP contribution in [0, 0.1) is 5.41 Å². The molecule has 1 atom stereocenters. The molecule has 0 aromatic rings. The van der Waals surface area contributed by atoms with E-state index in [0.717, 1.165) is 38.5 Å². The highest BCUT2D eigenvalue weighted by atomic mass is 35.7. The van der Waals surface area contributed by atoms with Crippen LogP contribution in [0.15, 0.2) is 0 Å². The molecule has 0 heterocycles. The number of hydrogen-bond acceptors (Lipinski definition) is 2. The molecule has 0 bridgehead atoms. The summed E-state index contributed by atoms with van der Waals surface area (Å²) in [6, 6.07) is 0. The minimum absolute atomic E-state index is 0.314. The molecule has 1 fully saturated rings. The molecule has 0 amide bonds. The largest absolute Gasteiger partial charge is 0.235 e. The number of rotatable bonds is 1. The fourth-order valence-electron chi connectivity index (χ4n) is 2.68. The Morgan fingerprint density at radius 2 is 1.41 bits per heavy atom. The molecule has 0 saturated heterocycles. The molecule has 0 aliphatic heterocycles. The van der Waals surface area contributed by atoms with Crippen molar-refractivity contribution in [2.24, 2.45) is 5.41 Å². The molecule has 0 spiro atoms. The minimum Gasteiger partial charge on any atom is -0.212 e. The Kier molecular flexibility index (Phi) is 5.78. The van der Waals surface area contributed by atoms with Gasteiger partial charge in [0.15, 0.2) is 0 Å². The van der Waals surface area contributed by atoms with Crippen LogP contribution in [0.25, 0.3) is 0 Å². The zero-order valence-electron chi connectivity index (χ0n) is 11.0. The maximum Gasteiger partial charge on any atom is 0.235 e. The summed E-state index contributed by atoms with van der Waals surface area (Å²) in [5.74, 6) is 0. The summed E-state index contributed by atoms with van der Waals surface area (Å²) in [7, 11) is 2.14. The summed E-state index contributed by atoms with van der Waals surface area (Å²) in [6.45, 7) is 4.64. The van der Waals surface area contributed by atoms with Crippen LogP contribution in [0.2, 0.25) is 0 Å². The Morgan fingerprint density at radius 1 is 0.941 bits per heavy atom. The molecule has 17 heavy (non-hydrogen) atoms. The summed E-state index contributed by atoms with van der Waals surface area (Å²) < 4.78 is 22.9. The average Bonchev–Trinajstić information content (AvgIpc) is 2.21. The van der Waals surface area contributed by atoms with Crippen LogP contribution in [-0.4, -0.2) is 13.7 Å². The molecule has 102 valence electrons. The second-order valence-electron chi connectivity index (χ2n) is 6.11. The standard InChI is InChI=1S/C13H25ClO2S/c1-13(2)10-6-3-4-8-12(17(14,15)16)9-5-7-11-13/h12H,3-11H2,1-2H3. The van der Waals surface area contributed by atoms with Crippen molar-refractivity contribution in [3.05, 3.63) is 0 Å². The van der Waals surface area contributed by atoms with Crippen LogP contribution in [0.5, 0.6) is 0 Å². The molecule has 1 saturated carbocycles. The van der Waals surface area contributed by atoms with Gasteiger partial charge in [0.05, 0.1) is 5.25 Å². The van der Waals surface area contributed by atoms with Gasteiger partial charge in [-0.25, -0.2) is 8.42 Å². The number of halogens is 1. The average molecular weight is 281 g/mol. The summed E-state index contributed by atoms with van der Waals surface area (Å²) in [6.07, 6.45) is 9.37. The van der Waals surface area contributed by atoms with Crippen LogP contribution >= 0.6 is 10.7 Å². The summed E-state index contributed by atoms with van der Waals surface area (Å²) in [5.41, 5.74) is 0.416. The van der Waals surface area contributed by atoms with E-state index in [1.54, 1.807) is 0 Å². The van der Waals surface area contributed by atoms with E-state index in [1.165, 1.54) is 19.3 Å². The molecule has 2 nitrogen and oxygen atoms in total. The lowest BCUT2D eigenvalue weighted by Gasteiger charge is -2.24. The fraction of sp³-hybridized carbons (Fsp3) is 1.00. The lowest BCUT2D eigenvalue weighted by molar-refractivity contribution is 0.286. The van der Waals surface area contributed by atoms with E-state index in [-0.39, 0.29) is 5.25 Å². The monoisotopic (exact) mass is 280 g/mol. The SMILES string of the molecule is CC1(C)CCCCCC(S(=O)(=O)Cl)CCCC1. The van der Waals surface area contributed by atoms with Crippen LogP contribution in [0.3, 0.4) is 0 Å². The Hall–Kier alpha value is 0.240. The summed E-state index contributed by atoms with van der Waals surface area (Å²) in [4.78, 5) is 0. The third-order valence-electron chi connectivity index (χ3n) is 3.91. The molecule has 0 radical (unpaired) electrons. The van der Waals surface area contributed by atoms with Crippen molar-refractivity contribution in [2.45, 2.75) is 76.9 Å².